The largest absolute Gasteiger partial charge is 0.465 e. The fourth-order valence-electron chi connectivity index (χ4n) is 4.07. The van der Waals surface area contributed by atoms with Crippen LogP contribution in [0.15, 0.2) is 22.7 Å². The number of hydrogen-bond donors (Lipinski definition) is 0. The average Bonchev–Trinajstić information content (AvgIpc) is 2.93. The SMILES string of the molecule is C=C(C)CC(CC#C[C@@H]1OC(C)(C)O[C@@]12CCCC=C2Br)(C(=O)OCC)C(=O)OCC. The summed E-state index contributed by atoms with van der Waals surface area (Å²) in [6.07, 6.45) is 4.26. The lowest BCUT2D eigenvalue weighted by molar-refractivity contribution is -0.171. The topological polar surface area (TPSA) is 71.1 Å². The summed E-state index contributed by atoms with van der Waals surface area (Å²) in [6.45, 7) is 13.1. The molecule has 1 aliphatic carbocycles. The first-order valence-electron chi connectivity index (χ1n) is 10.7. The molecule has 0 unspecified atom stereocenters. The molecule has 0 radical (unpaired) electrons. The number of hydrogen-bond acceptors (Lipinski definition) is 6. The summed E-state index contributed by atoms with van der Waals surface area (Å²) in [7, 11) is 0. The summed E-state index contributed by atoms with van der Waals surface area (Å²) in [5.74, 6) is 4.07. The minimum absolute atomic E-state index is 0.0603. The Kier molecular flexibility index (Phi) is 8.54. The third kappa shape index (κ3) is 5.60. The van der Waals surface area contributed by atoms with Gasteiger partial charge in [0, 0.05) is 10.9 Å². The van der Waals surface area contributed by atoms with Crippen LogP contribution in [-0.4, -0.2) is 42.6 Å². The van der Waals surface area contributed by atoms with Crippen LogP contribution < -0.4 is 0 Å². The van der Waals surface area contributed by atoms with Gasteiger partial charge in [-0.2, -0.15) is 0 Å². The van der Waals surface area contributed by atoms with Gasteiger partial charge < -0.3 is 18.9 Å². The molecule has 0 aromatic carbocycles. The van der Waals surface area contributed by atoms with Crippen molar-refractivity contribution in [3.05, 3.63) is 22.7 Å². The fourth-order valence-corrected chi connectivity index (χ4v) is 4.78. The molecule has 31 heavy (non-hydrogen) atoms. The van der Waals surface area contributed by atoms with Crippen LogP contribution in [0.3, 0.4) is 0 Å². The van der Waals surface area contributed by atoms with Crippen LogP contribution in [0, 0.1) is 17.3 Å². The van der Waals surface area contributed by atoms with Gasteiger partial charge in [-0.3, -0.25) is 9.59 Å². The van der Waals surface area contributed by atoms with Crippen LogP contribution in [0.4, 0.5) is 0 Å². The lowest BCUT2D eigenvalue weighted by Crippen LogP contribution is -2.43. The van der Waals surface area contributed by atoms with Crippen molar-refractivity contribution in [3.8, 4) is 11.8 Å². The smallest absolute Gasteiger partial charge is 0.324 e. The molecule has 6 nitrogen and oxygen atoms in total. The van der Waals surface area contributed by atoms with E-state index in [9.17, 15) is 9.59 Å². The van der Waals surface area contributed by atoms with Crippen molar-refractivity contribution in [2.45, 2.75) is 84.2 Å². The lowest BCUT2D eigenvalue weighted by atomic mass is 9.78. The van der Waals surface area contributed by atoms with Gasteiger partial charge in [-0.05, 0) is 60.3 Å². The second kappa shape index (κ2) is 10.3. The Bertz CT molecular complexity index is 785. The van der Waals surface area contributed by atoms with E-state index in [1.54, 1.807) is 20.8 Å². The van der Waals surface area contributed by atoms with E-state index in [1.807, 2.05) is 13.8 Å². The highest BCUT2D eigenvalue weighted by atomic mass is 79.9. The van der Waals surface area contributed by atoms with Crippen molar-refractivity contribution in [2.75, 3.05) is 13.2 Å². The summed E-state index contributed by atoms with van der Waals surface area (Å²) in [6, 6.07) is 0. The molecule has 1 heterocycles. The Balaban J connectivity index is 2.41. The fraction of sp³-hybridized carbons (Fsp3) is 0.667. The molecule has 0 bridgehead atoms. The van der Waals surface area contributed by atoms with Crippen molar-refractivity contribution in [2.24, 2.45) is 5.41 Å². The van der Waals surface area contributed by atoms with Gasteiger partial charge in [0.2, 0.25) is 0 Å². The van der Waals surface area contributed by atoms with E-state index in [2.05, 4.69) is 40.4 Å². The van der Waals surface area contributed by atoms with Crippen LogP contribution in [0.25, 0.3) is 0 Å². The minimum Gasteiger partial charge on any atom is -0.465 e. The minimum atomic E-state index is -1.56. The van der Waals surface area contributed by atoms with Gasteiger partial charge in [-0.1, -0.05) is 39.4 Å². The van der Waals surface area contributed by atoms with Crippen LogP contribution >= 0.6 is 15.9 Å². The summed E-state index contributed by atoms with van der Waals surface area (Å²) in [5, 5.41) is 0. The molecule has 0 N–H and O–H groups in total. The van der Waals surface area contributed by atoms with Gasteiger partial charge in [0.05, 0.1) is 13.2 Å². The van der Waals surface area contributed by atoms with Crippen molar-refractivity contribution >= 4 is 27.9 Å². The number of halogens is 1. The normalized spacial score (nSPS) is 24.7. The molecule has 2 atom stereocenters. The van der Waals surface area contributed by atoms with E-state index in [4.69, 9.17) is 18.9 Å². The monoisotopic (exact) mass is 496 g/mol. The van der Waals surface area contributed by atoms with Crippen molar-refractivity contribution in [3.63, 3.8) is 0 Å². The van der Waals surface area contributed by atoms with Crippen molar-refractivity contribution in [1.29, 1.82) is 0 Å². The standard InChI is InChI=1S/C24H33BrO6/c1-7-28-20(26)23(16-17(3)4,21(27)29-8-2)14-11-13-19-24(31-22(5,6)30-19)15-10-9-12-18(24)25/h12,19H,3,7-10,14-16H2,1-2,4-6H3/t19-,24+/m0/s1. The molecule has 172 valence electrons. The molecule has 1 spiro atoms. The van der Waals surface area contributed by atoms with Gasteiger partial charge in [0.15, 0.2) is 17.3 Å². The van der Waals surface area contributed by atoms with Gasteiger partial charge >= 0.3 is 11.9 Å². The lowest BCUT2D eigenvalue weighted by Gasteiger charge is -2.34. The molecule has 1 saturated heterocycles. The third-order valence-electron chi connectivity index (χ3n) is 5.29. The molecule has 0 aromatic rings. The zero-order valence-corrected chi connectivity index (χ0v) is 20.7. The predicted molar refractivity (Wildman–Crippen MR) is 121 cm³/mol. The maximum Gasteiger partial charge on any atom is 0.324 e. The van der Waals surface area contributed by atoms with Gasteiger partial charge in [-0.15, -0.1) is 6.58 Å². The highest BCUT2D eigenvalue weighted by Crippen LogP contribution is 2.48. The van der Waals surface area contributed by atoms with E-state index in [1.165, 1.54) is 0 Å². The number of ether oxygens (including phenoxy) is 4. The summed E-state index contributed by atoms with van der Waals surface area (Å²) >= 11 is 3.64. The average molecular weight is 497 g/mol. The third-order valence-corrected chi connectivity index (χ3v) is 6.29. The van der Waals surface area contributed by atoms with Crippen molar-refractivity contribution in [1.82, 2.24) is 0 Å². The summed E-state index contributed by atoms with van der Waals surface area (Å²) in [5.41, 5.74) is -1.59. The molecule has 0 saturated carbocycles. The first kappa shape index (κ1) is 25.6. The molecule has 1 aliphatic heterocycles. The molecular formula is C24H33BrO6. The molecule has 7 heteroatoms. The molecule has 2 rings (SSSR count). The highest BCUT2D eigenvalue weighted by molar-refractivity contribution is 9.11. The zero-order valence-electron chi connectivity index (χ0n) is 19.1. The summed E-state index contributed by atoms with van der Waals surface area (Å²) < 4.78 is 23.8. The van der Waals surface area contributed by atoms with Crippen LogP contribution in [0.1, 0.15) is 66.7 Å². The van der Waals surface area contributed by atoms with Crippen LogP contribution in [-0.2, 0) is 28.5 Å². The number of allylic oxidation sites excluding steroid dienone is 2. The number of esters is 2. The molecule has 1 fully saturated rings. The van der Waals surface area contributed by atoms with E-state index < -0.39 is 34.8 Å². The summed E-state index contributed by atoms with van der Waals surface area (Å²) in [4.78, 5) is 25.8. The molecule has 0 aromatic heterocycles. The quantitative estimate of drug-likeness (QED) is 0.218. The number of carbonyl (C=O) groups excluding carboxylic acids is 2. The Morgan fingerprint density at radius 1 is 1.29 bits per heavy atom. The van der Waals surface area contributed by atoms with Crippen molar-refractivity contribution < 1.29 is 28.5 Å². The maximum atomic E-state index is 12.9. The molecular weight excluding hydrogens is 464 g/mol. The zero-order chi connectivity index (χ0) is 23.3. The number of rotatable bonds is 7. The van der Waals surface area contributed by atoms with E-state index in [-0.39, 0.29) is 26.1 Å². The Hall–Kier alpha value is -1.62. The Morgan fingerprint density at radius 3 is 2.42 bits per heavy atom. The van der Waals surface area contributed by atoms with E-state index in [0.29, 0.717) is 5.57 Å². The van der Waals surface area contributed by atoms with E-state index in [0.717, 1.165) is 23.7 Å². The number of carbonyl (C=O) groups is 2. The van der Waals surface area contributed by atoms with Crippen LogP contribution in [0.5, 0.6) is 0 Å². The Morgan fingerprint density at radius 2 is 1.90 bits per heavy atom. The van der Waals surface area contributed by atoms with Gasteiger partial charge in [0.25, 0.3) is 0 Å². The first-order chi connectivity index (χ1) is 14.5. The first-order valence-corrected chi connectivity index (χ1v) is 11.5. The van der Waals surface area contributed by atoms with Gasteiger partial charge in [-0.25, -0.2) is 0 Å². The molecule has 0 amide bonds. The maximum absolute atomic E-state index is 12.9. The Labute approximate surface area is 193 Å². The molecule has 2 aliphatic rings. The predicted octanol–water partition coefficient (Wildman–Crippen LogP) is 4.81. The van der Waals surface area contributed by atoms with Crippen LogP contribution in [0.2, 0.25) is 0 Å². The highest BCUT2D eigenvalue weighted by Gasteiger charge is 2.55. The van der Waals surface area contributed by atoms with E-state index >= 15 is 0 Å². The second-order valence-corrected chi connectivity index (χ2v) is 9.34. The van der Waals surface area contributed by atoms with Gasteiger partial charge in [0.1, 0.15) is 5.60 Å². The second-order valence-electron chi connectivity index (χ2n) is 8.49.